The summed E-state index contributed by atoms with van der Waals surface area (Å²) in [5.74, 6) is -0.846. The fraction of sp³-hybridized carbons (Fsp3) is 0.920. The second-order valence-corrected chi connectivity index (χ2v) is 10.4. The number of hydrogen-bond donors (Lipinski definition) is 2. The molecule has 0 rings (SSSR count). The number of ether oxygens (including phenoxy) is 2. The van der Waals surface area contributed by atoms with E-state index in [1.807, 2.05) is 0 Å². The van der Waals surface area contributed by atoms with E-state index in [4.69, 9.17) is 24.3 Å². The number of phosphoric acid groups is 1. The summed E-state index contributed by atoms with van der Waals surface area (Å²) in [6, 6.07) is 0. The van der Waals surface area contributed by atoms with Gasteiger partial charge in [-0.05, 0) is 12.8 Å². The molecule has 0 saturated carbocycles. The van der Waals surface area contributed by atoms with Crippen molar-refractivity contribution in [2.75, 3.05) is 26.4 Å². The monoisotopic (exact) mass is 523 g/mol. The second kappa shape index (κ2) is 23.4. The molecule has 0 aliphatic rings. The van der Waals surface area contributed by atoms with Gasteiger partial charge in [0.05, 0.1) is 13.2 Å². The van der Waals surface area contributed by atoms with Gasteiger partial charge < -0.3 is 20.1 Å². The van der Waals surface area contributed by atoms with Gasteiger partial charge in [0, 0.05) is 19.4 Å². The molecule has 208 valence electrons. The van der Waals surface area contributed by atoms with E-state index in [9.17, 15) is 19.0 Å². The summed E-state index contributed by atoms with van der Waals surface area (Å²) in [7, 11) is -4.34. The Labute approximate surface area is 212 Å². The lowest BCUT2D eigenvalue weighted by molar-refractivity contribution is -0.161. The van der Waals surface area contributed by atoms with Gasteiger partial charge in [-0.2, -0.15) is 0 Å². The van der Waals surface area contributed by atoms with E-state index in [0.29, 0.717) is 6.42 Å². The van der Waals surface area contributed by atoms with E-state index in [-0.39, 0.29) is 38.6 Å². The first kappa shape index (κ1) is 34.0. The zero-order valence-electron chi connectivity index (χ0n) is 22.0. The third kappa shape index (κ3) is 23.2. The predicted molar refractivity (Wildman–Crippen MR) is 137 cm³/mol. The van der Waals surface area contributed by atoms with Crippen LogP contribution in [0, 0.1) is 0 Å². The normalized spacial score (nSPS) is 13.8. The molecule has 1 unspecified atom stereocenters. The molecule has 35 heavy (non-hydrogen) atoms. The molecule has 0 aliphatic heterocycles. The minimum absolute atomic E-state index is 0.0564. The SMILES string of the molecule is CCCCCCCCCCCC(=O)OC[C@@H](COP(=O)(O)OCCN)OC(=O)CCCCCCC. The van der Waals surface area contributed by atoms with Gasteiger partial charge in [0.25, 0.3) is 0 Å². The Morgan fingerprint density at radius 3 is 1.74 bits per heavy atom. The average molecular weight is 524 g/mol. The molecule has 0 aromatic rings. The van der Waals surface area contributed by atoms with Crippen molar-refractivity contribution in [3.05, 3.63) is 0 Å². The highest BCUT2D eigenvalue weighted by molar-refractivity contribution is 7.47. The van der Waals surface area contributed by atoms with Crippen molar-refractivity contribution in [1.82, 2.24) is 0 Å². The molecule has 0 aromatic heterocycles. The molecule has 0 fully saturated rings. The zero-order chi connectivity index (χ0) is 26.2. The molecule has 0 bridgehead atoms. The average Bonchev–Trinajstić information content (AvgIpc) is 2.83. The molecular formula is C25H50NO8P. The lowest BCUT2D eigenvalue weighted by Gasteiger charge is -2.19. The number of nitrogens with two attached hydrogens (primary N) is 1. The van der Waals surface area contributed by atoms with Crippen LogP contribution in [-0.2, 0) is 32.7 Å². The first-order valence-electron chi connectivity index (χ1n) is 13.5. The van der Waals surface area contributed by atoms with Crippen molar-refractivity contribution >= 4 is 19.8 Å². The standard InChI is InChI=1S/C25H50NO8P/c1-3-5-7-9-10-11-12-14-15-17-24(27)31-21-23(22-33-35(29,30)32-20-19-26)34-25(28)18-16-13-8-6-4-2/h23H,3-22,26H2,1-2H3,(H,29,30)/t23-/m0/s1. The van der Waals surface area contributed by atoms with E-state index in [2.05, 4.69) is 13.8 Å². The molecule has 3 N–H and O–H groups in total. The Hall–Kier alpha value is -0.990. The fourth-order valence-electron chi connectivity index (χ4n) is 3.45. The Bertz CT molecular complexity index is 576. The molecular weight excluding hydrogens is 473 g/mol. The van der Waals surface area contributed by atoms with Crippen molar-refractivity contribution in [2.24, 2.45) is 5.73 Å². The fourth-order valence-corrected chi connectivity index (χ4v) is 4.22. The minimum atomic E-state index is -4.34. The Morgan fingerprint density at radius 2 is 1.23 bits per heavy atom. The molecule has 9 nitrogen and oxygen atoms in total. The van der Waals surface area contributed by atoms with Crippen molar-refractivity contribution in [3.8, 4) is 0 Å². The third-order valence-electron chi connectivity index (χ3n) is 5.49. The van der Waals surface area contributed by atoms with Crippen molar-refractivity contribution < 1.29 is 37.6 Å². The molecule has 0 aliphatic carbocycles. The number of rotatable bonds is 25. The molecule has 0 saturated heterocycles. The van der Waals surface area contributed by atoms with Gasteiger partial charge in [0.1, 0.15) is 6.61 Å². The van der Waals surface area contributed by atoms with Gasteiger partial charge in [-0.15, -0.1) is 0 Å². The molecule has 2 atom stereocenters. The van der Waals surface area contributed by atoms with Gasteiger partial charge in [0.2, 0.25) is 0 Å². The molecule has 0 spiro atoms. The number of carbonyl (C=O) groups excluding carboxylic acids is 2. The van der Waals surface area contributed by atoms with Crippen LogP contribution in [-0.4, -0.2) is 49.3 Å². The van der Waals surface area contributed by atoms with Gasteiger partial charge in [-0.25, -0.2) is 4.57 Å². The maximum absolute atomic E-state index is 12.2. The van der Waals surface area contributed by atoms with Crippen molar-refractivity contribution in [2.45, 2.75) is 123 Å². The molecule has 0 amide bonds. The molecule has 0 heterocycles. The third-order valence-corrected chi connectivity index (χ3v) is 6.48. The lowest BCUT2D eigenvalue weighted by atomic mass is 10.1. The molecule has 0 radical (unpaired) electrons. The topological polar surface area (TPSA) is 134 Å². The van der Waals surface area contributed by atoms with Crippen LogP contribution in [0.1, 0.15) is 117 Å². The van der Waals surface area contributed by atoms with Gasteiger partial charge in [-0.1, -0.05) is 90.9 Å². The highest BCUT2D eigenvalue weighted by Crippen LogP contribution is 2.43. The highest BCUT2D eigenvalue weighted by Gasteiger charge is 2.25. The lowest BCUT2D eigenvalue weighted by Crippen LogP contribution is -2.29. The van der Waals surface area contributed by atoms with E-state index >= 15 is 0 Å². The van der Waals surface area contributed by atoms with Crippen LogP contribution >= 0.6 is 7.82 Å². The van der Waals surface area contributed by atoms with Crippen LogP contribution in [0.4, 0.5) is 0 Å². The van der Waals surface area contributed by atoms with Gasteiger partial charge in [-0.3, -0.25) is 18.6 Å². The summed E-state index contributed by atoms with van der Waals surface area (Å²) in [5.41, 5.74) is 5.27. The predicted octanol–water partition coefficient (Wildman–Crippen LogP) is 5.82. The van der Waals surface area contributed by atoms with E-state index in [1.54, 1.807) is 0 Å². The summed E-state index contributed by atoms with van der Waals surface area (Å²) in [4.78, 5) is 34.0. The smallest absolute Gasteiger partial charge is 0.462 e. The van der Waals surface area contributed by atoms with E-state index in [1.165, 1.54) is 38.5 Å². The van der Waals surface area contributed by atoms with Gasteiger partial charge >= 0.3 is 19.8 Å². The zero-order valence-corrected chi connectivity index (χ0v) is 22.9. The van der Waals surface area contributed by atoms with E-state index in [0.717, 1.165) is 44.9 Å². The number of carbonyl (C=O) groups is 2. The minimum Gasteiger partial charge on any atom is -0.462 e. The quantitative estimate of drug-likeness (QED) is 0.0862. The summed E-state index contributed by atoms with van der Waals surface area (Å²) in [5, 5.41) is 0. The summed E-state index contributed by atoms with van der Waals surface area (Å²) in [6.45, 7) is 3.56. The Morgan fingerprint density at radius 1 is 0.743 bits per heavy atom. The second-order valence-electron chi connectivity index (χ2n) is 8.92. The number of hydrogen-bond acceptors (Lipinski definition) is 8. The van der Waals surface area contributed by atoms with Crippen LogP contribution in [0.2, 0.25) is 0 Å². The van der Waals surface area contributed by atoms with Crippen LogP contribution in [0.25, 0.3) is 0 Å². The summed E-state index contributed by atoms with van der Waals surface area (Å²) < 4.78 is 32.1. The van der Waals surface area contributed by atoms with Crippen molar-refractivity contribution in [1.29, 1.82) is 0 Å². The van der Waals surface area contributed by atoms with Crippen LogP contribution in [0.5, 0.6) is 0 Å². The van der Waals surface area contributed by atoms with E-state index < -0.39 is 26.5 Å². The van der Waals surface area contributed by atoms with Crippen molar-refractivity contribution in [3.63, 3.8) is 0 Å². The summed E-state index contributed by atoms with van der Waals surface area (Å²) in [6.07, 6.45) is 14.8. The number of esters is 2. The van der Waals surface area contributed by atoms with Crippen LogP contribution in [0.15, 0.2) is 0 Å². The number of unbranched alkanes of at least 4 members (excludes halogenated alkanes) is 12. The first-order chi connectivity index (χ1) is 16.8. The largest absolute Gasteiger partial charge is 0.472 e. The maximum atomic E-state index is 12.2. The Kier molecular flexibility index (Phi) is 22.7. The van der Waals surface area contributed by atoms with Gasteiger partial charge in [0.15, 0.2) is 6.10 Å². The first-order valence-corrected chi connectivity index (χ1v) is 15.0. The van der Waals surface area contributed by atoms with Crippen LogP contribution in [0.3, 0.4) is 0 Å². The maximum Gasteiger partial charge on any atom is 0.472 e. The number of phosphoric ester groups is 1. The van der Waals surface area contributed by atoms with Crippen LogP contribution < -0.4 is 5.73 Å². The Balaban J connectivity index is 4.35. The molecule has 10 heteroatoms. The summed E-state index contributed by atoms with van der Waals surface area (Å²) >= 11 is 0. The highest BCUT2D eigenvalue weighted by atomic mass is 31.2. The molecule has 0 aromatic carbocycles.